The fourth-order valence-corrected chi connectivity index (χ4v) is 2.80. The van der Waals surface area contributed by atoms with Gasteiger partial charge in [-0.05, 0) is 48.5 Å². The molecule has 0 aliphatic heterocycles. The molecule has 2 aromatic carbocycles. The van der Waals surface area contributed by atoms with Crippen LogP contribution in [0.5, 0.6) is 0 Å². The number of halogens is 1. The third kappa shape index (κ3) is 3.37. The van der Waals surface area contributed by atoms with Crippen LogP contribution < -0.4 is 5.32 Å². The number of amides is 1. The number of anilines is 1. The van der Waals surface area contributed by atoms with E-state index in [9.17, 15) is 4.79 Å². The van der Waals surface area contributed by atoms with Crippen molar-refractivity contribution in [2.75, 3.05) is 11.1 Å². The van der Waals surface area contributed by atoms with Gasteiger partial charge < -0.3 is 9.73 Å². The van der Waals surface area contributed by atoms with Crippen molar-refractivity contribution in [1.82, 2.24) is 4.98 Å². The number of aryl methyl sites for hydroxylation is 1. The van der Waals surface area contributed by atoms with Crippen molar-refractivity contribution in [3.63, 3.8) is 0 Å². The van der Waals surface area contributed by atoms with E-state index in [2.05, 4.69) is 10.3 Å². The van der Waals surface area contributed by atoms with Gasteiger partial charge in [-0.25, -0.2) is 4.98 Å². The van der Waals surface area contributed by atoms with E-state index in [1.165, 1.54) is 0 Å². The lowest BCUT2D eigenvalue weighted by Crippen LogP contribution is -2.13. The number of benzene rings is 2. The van der Waals surface area contributed by atoms with Crippen LogP contribution in [0, 0.1) is 17.6 Å². The molecule has 3 aromatic rings. The van der Waals surface area contributed by atoms with Crippen LogP contribution in [0.4, 0.5) is 5.69 Å². The minimum atomic E-state index is -0.241. The molecule has 0 bridgehead atoms. The first kappa shape index (κ1) is 16.4. The molecule has 0 aliphatic carbocycles. The molecule has 0 unspecified atom stereocenters. The Morgan fingerprint density at radius 1 is 1.42 bits per heavy atom. The second-order valence-corrected chi connectivity index (χ2v) is 6.24. The van der Waals surface area contributed by atoms with Crippen LogP contribution in [-0.2, 0) is 4.79 Å². The molecule has 3 rings (SSSR count). The molecule has 0 atom stereocenters. The van der Waals surface area contributed by atoms with E-state index in [1.54, 1.807) is 18.2 Å². The number of thiocyanates is 1. The number of nitriles is 1. The molecule has 0 spiro atoms. The molecule has 0 radical (unpaired) electrons. The van der Waals surface area contributed by atoms with Gasteiger partial charge in [-0.3, -0.25) is 4.79 Å². The van der Waals surface area contributed by atoms with Crippen LogP contribution in [0.25, 0.3) is 22.6 Å². The molecule has 1 heterocycles. The van der Waals surface area contributed by atoms with Gasteiger partial charge in [0.2, 0.25) is 11.8 Å². The number of hydrogen-bond donors (Lipinski definition) is 1. The zero-order valence-electron chi connectivity index (χ0n) is 12.7. The molecule has 0 saturated carbocycles. The van der Waals surface area contributed by atoms with Crippen molar-refractivity contribution in [2.24, 2.45) is 0 Å². The number of nitrogens with zero attached hydrogens (tertiary/aromatic N) is 2. The summed E-state index contributed by atoms with van der Waals surface area (Å²) in [5, 5.41) is 13.7. The van der Waals surface area contributed by atoms with Crippen LogP contribution in [-0.4, -0.2) is 16.6 Å². The number of hydrogen-bond acceptors (Lipinski definition) is 5. The SMILES string of the molecule is Cc1cc(NC(=O)CSC#N)cc2nc(-c3ccccc3Cl)oc12. The van der Waals surface area contributed by atoms with E-state index >= 15 is 0 Å². The molecule has 1 N–H and O–H groups in total. The number of fused-ring (bicyclic) bond motifs is 1. The molecule has 5 nitrogen and oxygen atoms in total. The van der Waals surface area contributed by atoms with E-state index in [1.807, 2.05) is 30.5 Å². The van der Waals surface area contributed by atoms with Crippen LogP contribution in [0.2, 0.25) is 5.02 Å². The van der Waals surface area contributed by atoms with Crippen molar-refractivity contribution >= 4 is 46.1 Å². The molecule has 1 aromatic heterocycles. The Balaban J connectivity index is 1.96. The molecule has 0 aliphatic rings. The molecule has 1 amide bonds. The fraction of sp³-hybridized carbons (Fsp3) is 0.118. The van der Waals surface area contributed by atoms with Gasteiger partial charge in [0.25, 0.3) is 0 Å². The zero-order chi connectivity index (χ0) is 17.1. The van der Waals surface area contributed by atoms with Crippen molar-refractivity contribution in [1.29, 1.82) is 5.26 Å². The summed E-state index contributed by atoms with van der Waals surface area (Å²) in [7, 11) is 0. The number of carbonyl (C=O) groups is 1. The maximum atomic E-state index is 11.7. The van der Waals surface area contributed by atoms with Crippen molar-refractivity contribution in [2.45, 2.75) is 6.92 Å². The van der Waals surface area contributed by atoms with E-state index < -0.39 is 0 Å². The molecule has 0 fully saturated rings. The second kappa shape index (κ2) is 6.95. The number of nitrogens with one attached hydrogen (secondary N) is 1. The van der Waals surface area contributed by atoms with E-state index in [0.717, 1.165) is 17.3 Å². The van der Waals surface area contributed by atoms with Gasteiger partial charge in [0.05, 0.1) is 16.3 Å². The Morgan fingerprint density at radius 2 is 2.21 bits per heavy atom. The van der Waals surface area contributed by atoms with Gasteiger partial charge in [-0.2, -0.15) is 5.26 Å². The summed E-state index contributed by atoms with van der Waals surface area (Å²) in [5.74, 6) is 0.273. The van der Waals surface area contributed by atoms with Gasteiger partial charge in [-0.1, -0.05) is 23.7 Å². The minimum Gasteiger partial charge on any atom is -0.436 e. The molecule has 7 heteroatoms. The number of carbonyl (C=O) groups excluding carboxylic acids is 1. The van der Waals surface area contributed by atoms with E-state index in [4.69, 9.17) is 21.3 Å². The number of aromatic nitrogens is 1. The summed E-state index contributed by atoms with van der Waals surface area (Å²) in [4.78, 5) is 16.2. The average molecular weight is 358 g/mol. The van der Waals surface area contributed by atoms with Crippen LogP contribution in [0.1, 0.15) is 5.56 Å². The highest BCUT2D eigenvalue weighted by atomic mass is 35.5. The summed E-state index contributed by atoms with van der Waals surface area (Å²) in [5.41, 5.74) is 3.46. The van der Waals surface area contributed by atoms with Crippen molar-refractivity contribution < 1.29 is 9.21 Å². The first-order chi connectivity index (χ1) is 11.6. The second-order valence-electron chi connectivity index (χ2n) is 5.07. The lowest BCUT2D eigenvalue weighted by atomic mass is 10.2. The standard InChI is InChI=1S/C17H12ClN3O2S/c1-10-6-11(20-15(22)8-24-9-19)7-14-16(10)23-17(21-14)12-4-2-3-5-13(12)18/h2-7H,8H2,1H3,(H,20,22). The van der Waals surface area contributed by atoms with Crippen LogP contribution >= 0.6 is 23.4 Å². The largest absolute Gasteiger partial charge is 0.436 e. The molecular weight excluding hydrogens is 346 g/mol. The monoisotopic (exact) mass is 357 g/mol. The number of oxazole rings is 1. The Morgan fingerprint density at radius 3 is 2.96 bits per heavy atom. The summed E-state index contributed by atoms with van der Waals surface area (Å²) in [6.45, 7) is 1.88. The van der Waals surface area contributed by atoms with Gasteiger partial charge in [0, 0.05) is 5.69 Å². The molecule has 24 heavy (non-hydrogen) atoms. The fourth-order valence-electron chi connectivity index (χ4n) is 2.32. The summed E-state index contributed by atoms with van der Waals surface area (Å²) < 4.78 is 5.84. The summed E-state index contributed by atoms with van der Waals surface area (Å²) in [6.07, 6.45) is 0. The Kier molecular flexibility index (Phi) is 4.74. The highest BCUT2D eigenvalue weighted by Gasteiger charge is 2.14. The Labute approximate surface area is 147 Å². The molecular formula is C17H12ClN3O2S. The molecule has 120 valence electrons. The van der Waals surface area contributed by atoms with Crippen LogP contribution in [0.3, 0.4) is 0 Å². The third-order valence-corrected chi connectivity index (χ3v) is 4.20. The molecule has 0 saturated heterocycles. The maximum Gasteiger partial charge on any atom is 0.235 e. The summed E-state index contributed by atoms with van der Waals surface area (Å²) >= 11 is 7.08. The highest BCUT2D eigenvalue weighted by Crippen LogP contribution is 2.32. The van der Waals surface area contributed by atoms with Crippen LogP contribution in [0.15, 0.2) is 40.8 Å². The lowest BCUT2D eigenvalue weighted by molar-refractivity contribution is -0.113. The normalized spacial score (nSPS) is 10.5. The van der Waals surface area contributed by atoms with Gasteiger partial charge in [0.1, 0.15) is 10.9 Å². The topological polar surface area (TPSA) is 78.9 Å². The maximum absolute atomic E-state index is 11.7. The number of thioether (sulfide) groups is 1. The predicted octanol–water partition coefficient (Wildman–Crippen LogP) is 4.61. The van der Waals surface area contributed by atoms with E-state index in [0.29, 0.717) is 33.3 Å². The quantitative estimate of drug-likeness (QED) is 0.690. The van der Waals surface area contributed by atoms with Gasteiger partial charge >= 0.3 is 0 Å². The van der Waals surface area contributed by atoms with Crippen molar-refractivity contribution in [3.05, 3.63) is 47.0 Å². The van der Waals surface area contributed by atoms with E-state index in [-0.39, 0.29) is 11.7 Å². The Bertz CT molecular complexity index is 962. The Hall–Kier alpha value is -2.49. The first-order valence-electron chi connectivity index (χ1n) is 7.05. The summed E-state index contributed by atoms with van der Waals surface area (Å²) in [6, 6.07) is 10.9. The average Bonchev–Trinajstić information content (AvgIpc) is 2.97. The zero-order valence-corrected chi connectivity index (χ0v) is 14.2. The lowest BCUT2D eigenvalue weighted by Gasteiger charge is -2.04. The minimum absolute atomic E-state index is 0.0806. The highest BCUT2D eigenvalue weighted by molar-refractivity contribution is 8.04. The number of rotatable bonds is 4. The van der Waals surface area contributed by atoms with Crippen molar-refractivity contribution in [3.8, 4) is 16.9 Å². The predicted molar refractivity (Wildman–Crippen MR) is 95.9 cm³/mol. The smallest absolute Gasteiger partial charge is 0.235 e. The van der Waals surface area contributed by atoms with Gasteiger partial charge in [0.15, 0.2) is 5.58 Å². The third-order valence-electron chi connectivity index (χ3n) is 3.33. The first-order valence-corrected chi connectivity index (χ1v) is 8.41. The van der Waals surface area contributed by atoms with Gasteiger partial charge in [-0.15, -0.1) is 0 Å².